The van der Waals surface area contributed by atoms with Crippen molar-refractivity contribution < 1.29 is 9.18 Å². The second-order valence-corrected chi connectivity index (χ2v) is 6.38. The summed E-state index contributed by atoms with van der Waals surface area (Å²) in [5, 5.41) is 4.55. The number of halogens is 1. The number of rotatable bonds is 2. The van der Waals surface area contributed by atoms with Gasteiger partial charge in [-0.1, -0.05) is 6.07 Å². The van der Waals surface area contributed by atoms with Crippen molar-refractivity contribution in [3.8, 4) is 0 Å². The standard InChI is InChI=1S/C18H22FN3O/c1-12-6-7-15(19)10-17(12)18(23)21-8-4-5-16(11-21)22-14(3)9-13(2)20-22/h6-7,9-10,16H,4-5,8,11H2,1-3H3/t16-/m1/s1. The number of aryl methyl sites for hydroxylation is 3. The van der Waals surface area contributed by atoms with E-state index in [4.69, 9.17) is 0 Å². The Morgan fingerprint density at radius 3 is 2.74 bits per heavy atom. The molecule has 1 aromatic heterocycles. The van der Waals surface area contributed by atoms with Crippen molar-refractivity contribution >= 4 is 5.91 Å². The van der Waals surface area contributed by atoms with E-state index in [1.165, 1.54) is 12.1 Å². The number of amides is 1. The number of piperidine rings is 1. The van der Waals surface area contributed by atoms with Gasteiger partial charge >= 0.3 is 0 Å². The summed E-state index contributed by atoms with van der Waals surface area (Å²) in [5.41, 5.74) is 3.37. The van der Waals surface area contributed by atoms with Gasteiger partial charge in [0.15, 0.2) is 0 Å². The summed E-state index contributed by atoms with van der Waals surface area (Å²) in [5.74, 6) is -0.459. The summed E-state index contributed by atoms with van der Waals surface area (Å²) >= 11 is 0. The summed E-state index contributed by atoms with van der Waals surface area (Å²) in [4.78, 5) is 14.6. The molecule has 1 fully saturated rings. The predicted octanol–water partition coefficient (Wildman–Crippen LogP) is 3.42. The number of hydrogen-bond acceptors (Lipinski definition) is 2. The summed E-state index contributed by atoms with van der Waals surface area (Å²) < 4.78 is 15.5. The maximum absolute atomic E-state index is 13.5. The molecule has 122 valence electrons. The van der Waals surface area contributed by atoms with E-state index in [-0.39, 0.29) is 17.8 Å². The van der Waals surface area contributed by atoms with Crippen molar-refractivity contribution in [2.24, 2.45) is 0 Å². The molecule has 1 aromatic carbocycles. The van der Waals surface area contributed by atoms with E-state index in [9.17, 15) is 9.18 Å². The van der Waals surface area contributed by atoms with Crippen molar-refractivity contribution in [2.75, 3.05) is 13.1 Å². The van der Waals surface area contributed by atoms with E-state index in [1.807, 2.05) is 30.4 Å². The van der Waals surface area contributed by atoms with Crippen LogP contribution >= 0.6 is 0 Å². The minimum Gasteiger partial charge on any atom is -0.336 e. The number of aromatic nitrogens is 2. The van der Waals surface area contributed by atoms with Gasteiger partial charge in [-0.25, -0.2) is 4.39 Å². The number of nitrogens with zero attached hydrogens (tertiary/aromatic N) is 3. The van der Waals surface area contributed by atoms with E-state index in [2.05, 4.69) is 11.2 Å². The highest BCUT2D eigenvalue weighted by atomic mass is 19.1. The van der Waals surface area contributed by atoms with Gasteiger partial charge in [0.05, 0.1) is 11.7 Å². The van der Waals surface area contributed by atoms with Gasteiger partial charge < -0.3 is 4.90 Å². The molecule has 2 heterocycles. The minimum absolute atomic E-state index is 0.0896. The van der Waals surface area contributed by atoms with Crippen molar-refractivity contribution in [1.29, 1.82) is 0 Å². The topological polar surface area (TPSA) is 38.1 Å². The Hall–Kier alpha value is -2.17. The Morgan fingerprint density at radius 2 is 2.04 bits per heavy atom. The first-order valence-corrected chi connectivity index (χ1v) is 8.04. The molecule has 0 radical (unpaired) electrons. The van der Waals surface area contributed by atoms with Crippen LogP contribution in [0.1, 0.15) is 46.2 Å². The lowest BCUT2D eigenvalue weighted by molar-refractivity contribution is 0.0670. The number of benzene rings is 1. The highest BCUT2D eigenvalue weighted by molar-refractivity contribution is 5.95. The Kier molecular flexibility index (Phi) is 4.20. The first kappa shape index (κ1) is 15.7. The lowest BCUT2D eigenvalue weighted by atomic mass is 10.0. The lowest BCUT2D eigenvalue weighted by Gasteiger charge is -2.33. The normalized spacial score (nSPS) is 18.3. The molecule has 0 spiro atoms. The van der Waals surface area contributed by atoms with E-state index in [0.717, 1.165) is 29.8 Å². The Morgan fingerprint density at radius 1 is 1.26 bits per heavy atom. The molecule has 0 bridgehead atoms. The minimum atomic E-state index is -0.369. The van der Waals surface area contributed by atoms with Crippen molar-refractivity contribution in [1.82, 2.24) is 14.7 Å². The zero-order chi connectivity index (χ0) is 16.6. The zero-order valence-electron chi connectivity index (χ0n) is 13.8. The monoisotopic (exact) mass is 315 g/mol. The second-order valence-electron chi connectivity index (χ2n) is 6.38. The van der Waals surface area contributed by atoms with Crippen molar-refractivity contribution in [3.05, 3.63) is 52.6 Å². The zero-order valence-corrected chi connectivity index (χ0v) is 13.8. The average Bonchev–Trinajstić information content (AvgIpc) is 2.88. The van der Waals surface area contributed by atoms with Crippen LogP contribution in [-0.2, 0) is 0 Å². The number of carbonyl (C=O) groups is 1. The van der Waals surface area contributed by atoms with Gasteiger partial charge in [0.1, 0.15) is 5.82 Å². The van der Waals surface area contributed by atoms with Crippen LogP contribution < -0.4 is 0 Å². The third-order valence-electron chi connectivity index (χ3n) is 4.50. The second kappa shape index (κ2) is 6.14. The molecule has 23 heavy (non-hydrogen) atoms. The molecule has 0 aliphatic carbocycles. The fourth-order valence-electron chi connectivity index (χ4n) is 3.35. The Balaban J connectivity index is 1.82. The van der Waals surface area contributed by atoms with Gasteiger partial charge in [0, 0.05) is 24.3 Å². The van der Waals surface area contributed by atoms with Crippen molar-refractivity contribution in [2.45, 2.75) is 39.7 Å². The molecule has 0 unspecified atom stereocenters. The van der Waals surface area contributed by atoms with Gasteiger partial charge in [0.25, 0.3) is 5.91 Å². The number of likely N-dealkylation sites (tertiary alicyclic amines) is 1. The third-order valence-corrected chi connectivity index (χ3v) is 4.50. The predicted molar refractivity (Wildman–Crippen MR) is 87.0 cm³/mol. The van der Waals surface area contributed by atoms with Crippen LogP contribution in [0.4, 0.5) is 4.39 Å². The molecule has 0 N–H and O–H groups in total. The molecule has 4 nitrogen and oxygen atoms in total. The lowest BCUT2D eigenvalue weighted by Crippen LogP contribution is -2.41. The van der Waals surface area contributed by atoms with Crippen LogP contribution in [0.15, 0.2) is 24.3 Å². The van der Waals surface area contributed by atoms with E-state index >= 15 is 0 Å². The fraction of sp³-hybridized carbons (Fsp3) is 0.444. The van der Waals surface area contributed by atoms with Crippen LogP contribution in [0.5, 0.6) is 0 Å². The molecular formula is C18H22FN3O. The average molecular weight is 315 g/mol. The summed E-state index contributed by atoms with van der Waals surface area (Å²) in [7, 11) is 0. The molecule has 1 atom stereocenters. The van der Waals surface area contributed by atoms with Crippen LogP contribution in [-0.4, -0.2) is 33.7 Å². The molecule has 1 amide bonds. The maximum Gasteiger partial charge on any atom is 0.254 e. The highest BCUT2D eigenvalue weighted by Crippen LogP contribution is 2.25. The molecule has 0 saturated carbocycles. The maximum atomic E-state index is 13.5. The van der Waals surface area contributed by atoms with Crippen LogP contribution in [0.3, 0.4) is 0 Å². The summed E-state index contributed by atoms with van der Waals surface area (Å²) in [6.45, 7) is 7.19. The molecule has 1 aliphatic heterocycles. The summed E-state index contributed by atoms with van der Waals surface area (Å²) in [6, 6.07) is 6.63. The molecule has 1 saturated heterocycles. The quantitative estimate of drug-likeness (QED) is 0.851. The van der Waals surface area contributed by atoms with Crippen molar-refractivity contribution in [3.63, 3.8) is 0 Å². The van der Waals surface area contributed by atoms with E-state index in [1.54, 1.807) is 6.07 Å². The van der Waals surface area contributed by atoms with E-state index < -0.39 is 0 Å². The first-order chi connectivity index (χ1) is 11.0. The summed E-state index contributed by atoms with van der Waals surface area (Å²) in [6.07, 6.45) is 1.94. The van der Waals surface area contributed by atoms with Gasteiger partial charge in [-0.3, -0.25) is 9.48 Å². The van der Waals surface area contributed by atoms with Gasteiger partial charge in [-0.05, 0) is 57.4 Å². The smallest absolute Gasteiger partial charge is 0.254 e. The number of hydrogen-bond donors (Lipinski definition) is 0. The van der Waals surface area contributed by atoms with E-state index in [0.29, 0.717) is 18.7 Å². The third kappa shape index (κ3) is 3.14. The Bertz CT molecular complexity index is 738. The largest absolute Gasteiger partial charge is 0.336 e. The van der Waals surface area contributed by atoms with Crippen LogP contribution in [0, 0.1) is 26.6 Å². The molecule has 3 rings (SSSR count). The van der Waals surface area contributed by atoms with Gasteiger partial charge in [-0.2, -0.15) is 5.10 Å². The number of carbonyl (C=O) groups excluding carboxylic acids is 1. The highest BCUT2D eigenvalue weighted by Gasteiger charge is 2.27. The van der Waals surface area contributed by atoms with Crippen LogP contribution in [0.25, 0.3) is 0 Å². The Labute approximate surface area is 135 Å². The first-order valence-electron chi connectivity index (χ1n) is 8.04. The van der Waals surface area contributed by atoms with Gasteiger partial charge in [0.2, 0.25) is 0 Å². The molecule has 2 aromatic rings. The molecular weight excluding hydrogens is 293 g/mol. The molecule has 1 aliphatic rings. The van der Waals surface area contributed by atoms with Gasteiger partial charge in [-0.15, -0.1) is 0 Å². The molecule has 5 heteroatoms. The SMILES string of the molecule is Cc1cc(C)n([C@@H]2CCCN(C(=O)c3cc(F)ccc3C)C2)n1. The van der Waals surface area contributed by atoms with Crippen LogP contribution in [0.2, 0.25) is 0 Å². The fourth-order valence-corrected chi connectivity index (χ4v) is 3.35.